The van der Waals surface area contributed by atoms with Gasteiger partial charge in [-0.2, -0.15) is 5.10 Å². The number of pyridine rings is 2. The Morgan fingerprint density at radius 1 is 1.06 bits per heavy atom. The van der Waals surface area contributed by atoms with Crippen LogP contribution < -0.4 is 4.74 Å². The number of hydrogen-bond acceptors (Lipinski definition) is 7. The molecule has 0 saturated heterocycles. The number of ether oxygens (including phenoxy) is 2. The Hall–Kier alpha value is -5.49. The van der Waals surface area contributed by atoms with Gasteiger partial charge in [0.2, 0.25) is 5.91 Å². The summed E-state index contributed by atoms with van der Waals surface area (Å²) in [6.07, 6.45) is 6.34. The maximum atomic E-state index is 16.1. The van der Waals surface area contributed by atoms with Crippen molar-refractivity contribution in [3.63, 3.8) is 0 Å². The molecule has 12 heteroatoms. The number of amides is 1. The van der Waals surface area contributed by atoms with Crippen molar-refractivity contribution in [2.75, 3.05) is 26.9 Å². The molecule has 0 unspecified atom stereocenters. The van der Waals surface area contributed by atoms with Gasteiger partial charge in [0.1, 0.15) is 29.7 Å². The average molecular weight is 636 g/mol. The number of halogens is 2. The number of carbonyl (C=O) groups is 1. The number of methoxy groups -OCH3 is 1. The highest BCUT2D eigenvalue weighted by Crippen LogP contribution is 2.45. The van der Waals surface area contributed by atoms with Crippen molar-refractivity contribution in [3.8, 4) is 39.5 Å². The van der Waals surface area contributed by atoms with Gasteiger partial charge in [-0.3, -0.25) is 14.5 Å². The Kier molecular flexibility index (Phi) is 7.72. The highest BCUT2D eigenvalue weighted by Gasteiger charge is 2.31. The number of hydrogen-bond donors (Lipinski definition) is 0. The molecule has 0 radical (unpaired) electrons. The van der Waals surface area contributed by atoms with Crippen molar-refractivity contribution < 1.29 is 23.0 Å². The van der Waals surface area contributed by atoms with Gasteiger partial charge in [-0.05, 0) is 42.7 Å². The zero-order valence-electron chi connectivity index (χ0n) is 26.1. The molecule has 4 aromatic heterocycles. The highest BCUT2D eigenvalue weighted by molar-refractivity contribution is 6.09. The second-order valence-corrected chi connectivity index (χ2v) is 11.4. The van der Waals surface area contributed by atoms with E-state index in [1.807, 2.05) is 47.5 Å². The number of benzene rings is 2. The number of rotatable bonds is 8. The fraction of sp³-hybridized carbons (Fsp3) is 0.229. The van der Waals surface area contributed by atoms with Crippen molar-refractivity contribution in [1.82, 2.24) is 34.2 Å². The highest BCUT2D eigenvalue weighted by atomic mass is 19.1. The SMILES string of the molecule is C=CC(=O)N1CCn2nc(-c3nc(-c4ccc5c(c4)ncn5C)c4cnccc4c3-c3c(F)cc(F)cc3OCCOC)cc2[C@H]1C. The molecule has 0 N–H and O–H groups in total. The van der Waals surface area contributed by atoms with Crippen LogP contribution in [-0.4, -0.2) is 67.0 Å². The number of carbonyl (C=O) groups excluding carboxylic acids is 1. The van der Waals surface area contributed by atoms with E-state index in [2.05, 4.69) is 16.5 Å². The molecule has 1 aliphatic rings. The third-order valence-corrected chi connectivity index (χ3v) is 8.58. The number of imidazole rings is 1. The largest absolute Gasteiger partial charge is 0.490 e. The minimum absolute atomic E-state index is 0.00321. The van der Waals surface area contributed by atoms with Crippen LogP contribution in [0.2, 0.25) is 0 Å². The first-order chi connectivity index (χ1) is 22.8. The topological polar surface area (TPSA) is 100 Å². The van der Waals surface area contributed by atoms with Crippen LogP contribution >= 0.6 is 0 Å². The minimum Gasteiger partial charge on any atom is -0.490 e. The summed E-state index contributed by atoms with van der Waals surface area (Å²) in [5, 5.41) is 6.19. The summed E-state index contributed by atoms with van der Waals surface area (Å²) in [6, 6.07) is 11.2. The molecule has 1 amide bonds. The van der Waals surface area contributed by atoms with Gasteiger partial charge in [-0.25, -0.2) is 18.7 Å². The minimum atomic E-state index is -0.818. The lowest BCUT2D eigenvalue weighted by molar-refractivity contribution is -0.129. The van der Waals surface area contributed by atoms with Gasteiger partial charge in [0.25, 0.3) is 0 Å². The molecule has 5 heterocycles. The zero-order chi connectivity index (χ0) is 32.8. The van der Waals surface area contributed by atoms with E-state index in [1.54, 1.807) is 29.7 Å². The van der Waals surface area contributed by atoms with Crippen LogP contribution in [0.4, 0.5) is 8.78 Å². The fourth-order valence-electron chi connectivity index (χ4n) is 6.28. The lowest BCUT2D eigenvalue weighted by Gasteiger charge is -2.33. The molecular weight excluding hydrogens is 604 g/mol. The van der Waals surface area contributed by atoms with Crippen LogP contribution in [0.1, 0.15) is 18.7 Å². The van der Waals surface area contributed by atoms with Gasteiger partial charge >= 0.3 is 0 Å². The molecule has 10 nitrogen and oxygen atoms in total. The maximum absolute atomic E-state index is 16.1. The fourth-order valence-corrected chi connectivity index (χ4v) is 6.28. The van der Waals surface area contributed by atoms with Crippen molar-refractivity contribution in [1.29, 1.82) is 0 Å². The molecule has 47 heavy (non-hydrogen) atoms. The van der Waals surface area contributed by atoms with E-state index in [9.17, 15) is 9.18 Å². The van der Waals surface area contributed by atoms with Crippen molar-refractivity contribution in [2.24, 2.45) is 7.05 Å². The smallest absolute Gasteiger partial charge is 0.246 e. The molecule has 0 aliphatic carbocycles. The number of nitrogens with zero attached hydrogens (tertiary/aromatic N) is 7. The summed E-state index contributed by atoms with van der Waals surface area (Å²) >= 11 is 0. The second-order valence-electron chi connectivity index (χ2n) is 11.4. The molecule has 2 aromatic carbocycles. The summed E-state index contributed by atoms with van der Waals surface area (Å²) in [5.74, 6) is -1.77. The lowest BCUT2D eigenvalue weighted by atomic mass is 9.92. The van der Waals surface area contributed by atoms with E-state index in [0.29, 0.717) is 46.5 Å². The first-order valence-electron chi connectivity index (χ1n) is 15.1. The van der Waals surface area contributed by atoms with Crippen LogP contribution in [-0.2, 0) is 23.1 Å². The Bertz CT molecular complexity index is 2190. The molecule has 7 rings (SSSR count). The quantitative estimate of drug-likeness (QED) is 0.147. The Morgan fingerprint density at radius 2 is 1.91 bits per heavy atom. The van der Waals surface area contributed by atoms with Gasteiger partial charge in [0.05, 0.1) is 59.2 Å². The third-order valence-electron chi connectivity index (χ3n) is 8.58. The van der Waals surface area contributed by atoms with E-state index in [1.165, 1.54) is 13.2 Å². The van der Waals surface area contributed by atoms with E-state index in [4.69, 9.17) is 19.6 Å². The van der Waals surface area contributed by atoms with Gasteiger partial charge < -0.3 is 18.9 Å². The van der Waals surface area contributed by atoms with Crippen LogP contribution in [0.25, 0.3) is 55.6 Å². The van der Waals surface area contributed by atoms with Crippen LogP contribution in [0.15, 0.2) is 73.8 Å². The predicted molar refractivity (Wildman–Crippen MR) is 174 cm³/mol. The molecule has 238 valence electrons. The van der Waals surface area contributed by atoms with E-state index in [0.717, 1.165) is 34.4 Å². The van der Waals surface area contributed by atoms with Gasteiger partial charge in [0, 0.05) is 61.7 Å². The third kappa shape index (κ3) is 5.20. The standard InChI is InChI=1S/C35H31F2N7O3/c1-5-31(45)43-10-11-44-29(20(43)2)17-27(41-44)35-32(33-25(37)15-22(36)16-30(33)47-13-12-46-4)23-8-9-38-18-24(23)34(40-35)21-6-7-28-26(14-21)39-19-42(28)3/h5-9,14-20H,1,10-13H2,2-4H3/t20-/m1/s1. The molecule has 0 fully saturated rings. The van der Waals surface area contributed by atoms with Crippen molar-refractivity contribution in [3.05, 3.63) is 91.2 Å². The van der Waals surface area contributed by atoms with Crippen LogP contribution in [0.5, 0.6) is 5.75 Å². The molecule has 0 bridgehead atoms. The molecule has 1 atom stereocenters. The van der Waals surface area contributed by atoms with Gasteiger partial charge in [-0.15, -0.1) is 0 Å². The van der Waals surface area contributed by atoms with Crippen molar-refractivity contribution >= 4 is 27.7 Å². The Balaban J connectivity index is 1.53. The Labute approximate surface area is 268 Å². The summed E-state index contributed by atoms with van der Waals surface area (Å²) in [5.41, 5.74) is 5.12. The number of aryl methyl sites for hydroxylation is 1. The lowest BCUT2D eigenvalue weighted by Crippen LogP contribution is -2.40. The maximum Gasteiger partial charge on any atom is 0.246 e. The van der Waals surface area contributed by atoms with Crippen LogP contribution in [0.3, 0.4) is 0 Å². The molecule has 0 spiro atoms. The van der Waals surface area contributed by atoms with Gasteiger partial charge in [0.15, 0.2) is 0 Å². The first kappa shape index (κ1) is 30.2. The molecular formula is C35H31F2N7O3. The van der Waals surface area contributed by atoms with E-state index >= 15 is 4.39 Å². The summed E-state index contributed by atoms with van der Waals surface area (Å²) in [4.78, 5) is 28.4. The summed E-state index contributed by atoms with van der Waals surface area (Å²) < 4.78 is 45.6. The number of aromatic nitrogens is 6. The van der Waals surface area contributed by atoms with E-state index < -0.39 is 11.6 Å². The summed E-state index contributed by atoms with van der Waals surface area (Å²) in [7, 11) is 3.44. The average Bonchev–Trinajstić information content (AvgIpc) is 3.68. The zero-order valence-corrected chi connectivity index (χ0v) is 26.1. The van der Waals surface area contributed by atoms with Gasteiger partial charge in [-0.1, -0.05) is 12.6 Å². The normalized spacial score (nSPS) is 14.5. The molecule has 6 aromatic rings. The summed E-state index contributed by atoms with van der Waals surface area (Å²) in [6.45, 7) is 6.75. The first-order valence-corrected chi connectivity index (χ1v) is 15.1. The van der Waals surface area contributed by atoms with E-state index in [-0.39, 0.29) is 36.5 Å². The Morgan fingerprint density at radius 3 is 2.72 bits per heavy atom. The molecule has 1 aliphatic heterocycles. The van der Waals surface area contributed by atoms with Crippen molar-refractivity contribution in [2.45, 2.75) is 19.5 Å². The monoisotopic (exact) mass is 635 g/mol. The number of fused-ring (bicyclic) bond motifs is 3. The second kappa shape index (κ2) is 12.0. The van der Waals surface area contributed by atoms with Crippen LogP contribution in [0, 0.1) is 11.6 Å². The predicted octanol–water partition coefficient (Wildman–Crippen LogP) is 6.11. The molecule has 0 saturated carbocycles.